The molecule has 3 aromatic carbocycles. The predicted molar refractivity (Wildman–Crippen MR) is 118 cm³/mol. The molecule has 1 unspecified atom stereocenters. The number of hydrogen-bond donors (Lipinski definition) is 1. The van der Waals surface area contributed by atoms with Crippen molar-refractivity contribution in [3.05, 3.63) is 111 Å². The lowest BCUT2D eigenvalue weighted by molar-refractivity contribution is 0.650. The molecule has 0 spiro atoms. The van der Waals surface area contributed by atoms with Crippen LogP contribution in [-0.2, 0) is 13.1 Å². The molecule has 1 atom stereocenters. The van der Waals surface area contributed by atoms with Gasteiger partial charge in [0.05, 0.1) is 17.4 Å². The van der Waals surface area contributed by atoms with Crippen LogP contribution in [0.5, 0.6) is 0 Å². The summed E-state index contributed by atoms with van der Waals surface area (Å²) in [6.45, 7) is 2.97. The Morgan fingerprint density at radius 3 is 2.52 bits per heavy atom. The molecule has 0 amide bonds. The summed E-state index contributed by atoms with van der Waals surface area (Å²) in [6.07, 6.45) is 0. The summed E-state index contributed by atoms with van der Waals surface area (Å²) in [5, 5.41) is 1.13. The second-order valence-electron chi connectivity index (χ2n) is 7.18. The van der Waals surface area contributed by atoms with E-state index in [0.29, 0.717) is 34.8 Å². The Hall–Kier alpha value is -2.95. The molecule has 4 rings (SSSR count). The molecule has 0 aliphatic rings. The number of fused-ring (bicyclic) bond motifs is 1. The van der Waals surface area contributed by atoms with Crippen LogP contribution in [0, 0.1) is 0 Å². The molecular weight excluding hydrogens is 382 g/mol. The van der Waals surface area contributed by atoms with Crippen LogP contribution in [0.25, 0.3) is 10.9 Å². The van der Waals surface area contributed by atoms with Gasteiger partial charge in [-0.1, -0.05) is 73.1 Å². The first-order valence-corrected chi connectivity index (χ1v) is 9.97. The molecule has 0 bridgehead atoms. The zero-order valence-corrected chi connectivity index (χ0v) is 16.9. The smallest absolute Gasteiger partial charge is 0.261 e. The highest BCUT2D eigenvalue weighted by Crippen LogP contribution is 2.25. The fourth-order valence-electron chi connectivity index (χ4n) is 3.62. The molecule has 4 aromatic rings. The third kappa shape index (κ3) is 3.95. The summed E-state index contributed by atoms with van der Waals surface area (Å²) in [5.74, 6) is 0.666. The van der Waals surface area contributed by atoms with Crippen molar-refractivity contribution in [3.8, 4) is 0 Å². The van der Waals surface area contributed by atoms with Crippen molar-refractivity contribution in [3.63, 3.8) is 0 Å². The van der Waals surface area contributed by atoms with Gasteiger partial charge < -0.3 is 5.73 Å². The maximum absolute atomic E-state index is 13.4. The largest absolute Gasteiger partial charge is 0.326 e. The Bertz CT molecular complexity index is 1220. The van der Waals surface area contributed by atoms with Gasteiger partial charge in [-0.15, -0.1) is 0 Å². The molecule has 0 fully saturated rings. The number of nitrogens with two attached hydrogens (primary N) is 1. The molecule has 1 heterocycles. The molecule has 0 saturated carbocycles. The minimum absolute atomic E-state index is 0.0510. The minimum Gasteiger partial charge on any atom is -0.326 e. The van der Waals surface area contributed by atoms with Crippen LogP contribution >= 0.6 is 11.6 Å². The van der Waals surface area contributed by atoms with E-state index in [0.717, 1.165) is 16.7 Å². The Labute approximate surface area is 174 Å². The highest BCUT2D eigenvalue weighted by atomic mass is 35.5. The van der Waals surface area contributed by atoms with Crippen LogP contribution in [0.3, 0.4) is 0 Å². The van der Waals surface area contributed by atoms with E-state index in [1.807, 2.05) is 42.5 Å². The van der Waals surface area contributed by atoms with Gasteiger partial charge in [0.25, 0.3) is 5.56 Å². The van der Waals surface area contributed by atoms with Crippen molar-refractivity contribution < 1.29 is 0 Å². The van der Waals surface area contributed by atoms with Gasteiger partial charge in [0.1, 0.15) is 5.82 Å². The molecule has 2 N–H and O–H groups in total. The Morgan fingerprint density at radius 2 is 1.76 bits per heavy atom. The van der Waals surface area contributed by atoms with Crippen LogP contribution < -0.4 is 11.3 Å². The van der Waals surface area contributed by atoms with Crippen LogP contribution in [-0.4, -0.2) is 9.55 Å². The zero-order chi connectivity index (χ0) is 20.4. The summed E-state index contributed by atoms with van der Waals surface area (Å²) >= 11 is 6.16. The summed E-state index contributed by atoms with van der Waals surface area (Å²) < 4.78 is 1.77. The van der Waals surface area contributed by atoms with Crippen molar-refractivity contribution in [2.45, 2.75) is 25.9 Å². The van der Waals surface area contributed by atoms with Gasteiger partial charge in [-0.2, -0.15) is 0 Å². The predicted octanol–water partition coefficient (Wildman–Crippen LogP) is 4.71. The van der Waals surface area contributed by atoms with E-state index in [-0.39, 0.29) is 11.5 Å². The van der Waals surface area contributed by atoms with Crippen molar-refractivity contribution in [1.82, 2.24) is 9.55 Å². The Morgan fingerprint density at radius 1 is 1.00 bits per heavy atom. The zero-order valence-electron chi connectivity index (χ0n) is 16.2. The average Bonchev–Trinajstić information content (AvgIpc) is 2.75. The van der Waals surface area contributed by atoms with E-state index >= 15 is 0 Å². The summed E-state index contributed by atoms with van der Waals surface area (Å²) in [7, 11) is 0. The van der Waals surface area contributed by atoms with Crippen molar-refractivity contribution in [1.29, 1.82) is 0 Å². The molecule has 29 heavy (non-hydrogen) atoms. The Balaban J connectivity index is 1.91. The number of halogens is 1. The van der Waals surface area contributed by atoms with E-state index < -0.39 is 0 Å². The fourth-order valence-corrected chi connectivity index (χ4v) is 3.79. The first kappa shape index (κ1) is 19.4. The minimum atomic E-state index is -0.0670. The van der Waals surface area contributed by atoms with E-state index in [1.54, 1.807) is 22.8 Å². The van der Waals surface area contributed by atoms with Gasteiger partial charge >= 0.3 is 0 Å². The summed E-state index contributed by atoms with van der Waals surface area (Å²) in [4.78, 5) is 18.3. The van der Waals surface area contributed by atoms with Gasteiger partial charge in [-0.05, 0) is 34.9 Å². The molecule has 0 aliphatic heterocycles. The maximum atomic E-state index is 13.4. The lowest BCUT2D eigenvalue weighted by Gasteiger charge is -2.19. The quantitative estimate of drug-likeness (QED) is 0.525. The molecular formula is C24H22ClN3O. The summed E-state index contributed by atoms with van der Waals surface area (Å²) in [5.41, 5.74) is 9.50. The van der Waals surface area contributed by atoms with E-state index in [4.69, 9.17) is 22.3 Å². The molecule has 5 heteroatoms. The molecule has 1 aromatic heterocycles. The molecule has 0 saturated heterocycles. The van der Waals surface area contributed by atoms with E-state index in [2.05, 4.69) is 19.1 Å². The molecule has 4 nitrogen and oxygen atoms in total. The standard InChI is InChI=1S/C24H22ClN3O/c1-16(19-8-3-2-4-9-19)23-27-22-13-20(25)10-11-21(22)24(29)28(23)15-18-7-5-6-17(12-18)14-26/h2-13,16H,14-15,26H2,1H3. The highest BCUT2D eigenvalue weighted by Gasteiger charge is 2.18. The van der Waals surface area contributed by atoms with Gasteiger partial charge in [-0.3, -0.25) is 9.36 Å². The Kier molecular flexibility index (Phi) is 5.47. The highest BCUT2D eigenvalue weighted by molar-refractivity contribution is 6.31. The van der Waals surface area contributed by atoms with Crippen LogP contribution in [0.4, 0.5) is 0 Å². The van der Waals surface area contributed by atoms with Gasteiger partial charge in [-0.25, -0.2) is 4.98 Å². The van der Waals surface area contributed by atoms with Crippen molar-refractivity contribution in [2.75, 3.05) is 0 Å². The van der Waals surface area contributed by atoms with E-state index in [9.17, 15) is 4.79 Å². The van der Waals surface area contributed by atoms with E-state index in [1.165, 1.54) is 0 Å². The van der Waals surface area contributed by atoms with Crippen LogP contribution in [0.2, 0.25) is 5.02 Å². The number of nitrogens with zero attached hydrogens (tertiary/aromatic N) is 2. The lowest BCUT2D eigenvalue weighted by Crippen LogP contribution is -2.27. The number of benzene rings is 3. The van der Waals surface area contributed by atoms with Gasteiger partial charge in [0.2, 0.25) is 0 Å². The third-order valence-corrected chi connectivity index (χ3v) is 5.44. The first-order valence-electron chi connectivity index (χ1n) is 9.59. The van der Waals surface area contributed by atoms with Gasteiger partial charge in [0, 0.05) is 17.5 Å². The second-order valence-corrected chi connectivity index (χ2v) is 7.62. The van der Waals surface area contributed by atoms with Crippen molar-refractivity contribution in [2.24, 2.45) is 5.73 Å². The van der Waals surface area contributed by atoms with Gasteiger partial charge in [0.15, 0.2) is 0 Å². The SMILES string of the molecule is CC(c1ccccc1)c1nc2cc(Cl)ccc2c(=O)n1Cc1cccc(CN)c1. The molecule has 0 radical (unpaired) electrons. The normalized spacial score (nSPS) is 12.2. The average molecular weight is 404 g/mol. The second kappa shape index (κ2) is 8.19. The number of hydrogen-bond acceptors (Lipinski definition) is 3. The summed E-state index contributed by atoms with van der Waals surface area (Å²) in [6, 6.07) is 23.3. The fraction of sp³-hybridized carbons (Fsp3) is 0.167. The van der Waals surface area contributed by atoms with Crippen molar-refractivity contribution >= 4 is 22.5 Å². The molecule has 0 aliphatic carbocycles. The van der Waals surface area contributed by atoms with Crippen LogP contribution in [0.1, 0.15) is 35.4 Å². The number of rotatable bonds is 5. The van der Waals surface area contributed by atoms with Crippen LogP contribution in [0.15, 0.2) is 77.6 Å². The first-order chi connectivity index (χ1) is 14.1. The monoisotopic (exact) mass is 403 g/mol. The number of aromatic nitrogens is 2. The maximum Gasteiger partial charge on any atom is 0.261 e. The third-order valence-electron chi connectivity index (χ3n) is 5.20. The topological polar surface area (TPSA) is 60.9 Å². The lowest BCUT2D eigenvalue weighted by atomic mass is 9.99. The molecule has 146 valence electrons.